The third-order valence-corrected chi connectivity index (χ3v) is 5.01. The van der Waals surface area contributed by atoms with Crippen LogP contribution in [0.5, 0.6) is 5.75 Å². The lowest BCUT2D eigenvalue weighted by molar-refractivity contribution is 0.0987. The van der Waals surface area contributed by atoms with Gasteiger partial charge in [0.25, 0.3) is 0 Å². The Hall–Kier alpha value is -1.38. The van der Waals surface area contributed by atoms with Crippen molar-refractivity contribution in [3.63, 3.8) is 0 Å². The van der Waals surface area contributed by atoms with E-state index in [0.717, 1.165) is 50.9 Å². The third-order valence-electron chi connectivity index (χ3n) is 5.01. The van der Waals surface area contributed by atoms with Gasteiger partial charge in [-0.15, -0.1) is 0 Å². The van der Waals surface area contributed by atoms with Gasteiger partial charge < -0.3 is 33.9 Å². The van der Waals surface area contributed by atoms with E-state index in [0.29, 0.717) is 37.9 Å². The van der Waals surface area contributed by atoms with Gasteiger partial charge in [-0.05, 0) is 31.3 Å². The van der Waals surface area contributed by atoms with Crippen molar-refractivity contribution in [3.05, 3.63) is 24.3 Å². The summed E-state index contributed by atoms with van der Waals surface area (Å²) < 4.78 is 21.8. The van der Waals surface area contributed by atoms with Crippen LogP contribution in [0, 0.1) is 0 Å². The molecule has 1 aromatic rings. The summed E-state index contributed by atoms with van der Waals surface area (Å²) in [5.74, 6) is 0.830. The minimum absolute atomic E-state index is 0.353. The predicted molar refractivity (Wildman–Crippen MR) is 101 cm³/mol. The van der Waals surface area contributed by atoms with Crippen molar-refractivity contribution in [2.24, 2.45) is 0 Å². The Morgan fingerprint density at radius 2 is 1.56 bits per heavy atom. The predicted octanol–water partition coefficient (Wildman–Crippen LogP) is 0.751. The van der Waals surface area contributed by atoms with Crippen LogP contribution in [-0.4, -0.2) is 94.1 Å². The summed E-state index contributed by atoms with van der Waals surface area (Å²) in [5.41, 5.74) is 1.16. The second-order valence-electron chi connectivity index (χ2n) is 7.78. The van der Waals surface area contributed by atoms with Crippen molar-refractivity contribution in [1.29, 1.82) is 0 Å². The molecule has 7 heteroatoms. The van der Waals surface area contributed by atoms with Crippen LogP contribution < -0.4 is 9.64 Å². The van der Waals surface area contributed by atoms with Crippen molar-refractivity contribution in [1.82, 2.24) is 4.90 Å². The molecule has 7 nitrogen and oxygen atoms in total. The number of aliphatic hydroxyl groups is 1. The first-order valence-corrected chi connectivity index (χ1v) is 9.85. The van der Waals surface area contributed by atoms with Gasteiger partial charge in [0.2, 0.25) is 0 Å². The molecule has 0 spiro atoms. The molecule has 4 rings (SSSR count). The molecule has 0 radical (unpaired) electrons. The Morgan fingerprint density at radius 1 is 1.00 bits per heavy atom. The van der Waals surface area contributed by atoms with E-state index in [4.69, 9.17) is 18.9 Å². The van der Waals surface area contributed by atoms with Crippen LogP contribution in [0.1, 0.15) is 6.42 Å². The Kier molecular flexibility index (Phi) is 6.14. The Labute approximate surface area is 160 Å². The molecule has 27 heavy (non-hydrogen) atoms. The van der Waals surface area contributed by atoms with Gasteiger partial charge in [0.05, 0.1) is 50.8 Å². The lowest BCUT2D eigenvalue weighted by Crippen LogP contribution is -2.32. The summed E-state index contributed by atoms with van der Waals surface area (Å²) >= 11 is 0. The van der Waals surface area contributed by atoms with E-state index in [1.54, 1.807) is 0 Å². The molecular formula is C20H30N2O5. The second kappa shape index (κ2) is 8.75. The number of benzene rings is 1. The summed E-state index contributed by atoms with van der Waals surface area (Å²) in [7, 11) is 2.01. The molecule has 3 saturated heterocycles. The van der Waals surface area contributed by atoms with E-state index in [1.165, 1.54) is 0 Å². The van der Waals surface area contributed by atoms with E-state index in [9.17, 15) is 5.11 Å². The molecule has 1 aromatic carbocycles. The third kappa shape index (κ3) is 6.62. The van der Waals surface area contributed by atoms with Gasteiger partial charge in [-0.1, -0.05) is 0 Å². The monoisotopic (exact) mass is 378 g/mol. The highest BCUT2D eigenvalue weighted by molar-refractivity contribution is 5.49. The largest absolute Gasteiger partial charge is 0.493 e. The van der Waals surface area contributed by atoms with E-state index in [-0.39, 0.29) is 6.10 Å². The van der Waals surface area contributed by atoms with Gasteiger partial charge >= 0.3 is 0 Å². The smallest absolute Gasteiger partial charge is 0.119 e. The molecule has 3 heterocycles. The zero-order chi connectivity index (χ0) is 18.6. The van der Waals surface area contributed by atoms with Gasteiger partial charge in [0.1, 0.15) is 5.75 Å². The maximum Gasteiger partial charge on any atom is 0.119 e. The normalized spacial score (nSPS) is 26.7. The molecule has 3 aliphatic rings. The highest BCUT2D eigenvalue weighted by atomic mass is 16.6. The molecule has 0 aliphatic carbocycles. The zero-order valence-corrected chi connectivity index (χ0v) is 16.0. The standard InChI is InChI=1S/C20H30N2O5/c1-21(9-18-12-25-18)8-16(23)6-7-24-17-4-2-15(3-5-17)22(10-19-13-26-19)11-20-14-27-20/h2-5,16,18-20,23H,6-14H2,1H3. The topological polar surface area (TPSA) is 73.5 Å². The van der Waals surface area contributed by atoms with Gasteiger partial charge in [-0.25, -0.2) is 0 Å². The molecule has 3 fully saturated rings. The number of likely N-dealkylation sites (N-methyl/N-ethyl adjacent to an activating group) is 1. The average Bonchev–Trinajstić information content (AvgIpc) is 3.48. The number of epoxide rings is 3. The van der Waals surface area contributed by atoms with E-state index in [1.807, 2.05) is 19.2 Å². The summed E-state index contributed by atoms with van der Waals surface area (Å²) in [6.45, 7) is 6.40. The fraction of sp³-hybridized carbons (Fsp3) is 0.700. The van der Waals surface area contributed by atoms with Crippen LogP contribution in [0.15, 0.2) is 24.3 Å². The fourth-order valence-electron chi connectivity index (χ4n) is 3.24. The van der Waals surface area contributed by atoms with Crippen molar-refractivity contribution in [2.45, 2.75) is 30.8 Å². The van der Waals surface area contributed by atoms with Gasteiger partial charge in [0, 0.05) is 38.3 Å². The molecule has 1 N–H and O–H groups in total. The summed E-state index contributed by atoms with van der Waals surface area (Å²) in [6.07, 6.45) is 1.29. The molecule has 0 bridgehead atoms. The Morgan fingerprint density at radius 3 is 2.11 bits per heavy atom. The van der Waals surface area contributed by atoms with Gasteiger partial charge in [-0.3, -0.25) is 0 Å². The molecule has 150 valence electrons. The number of rotatable bonds is 13. The van der Waals surface area contributed by atoms with Gasteiger partial charge in [0.15, 0.2) is 0 Å². The van der Waals surface area contributed by atoms with Crippen LogP contribution in [0.3, 0.4) is 0 Å². The molecule has 4 atom stereocenters. The number of hydrogen-bond donors (Lipinski definition) is 1. The molecular weight excluding hydrogens is 348 g/mol. The highest BCUT2D eigenvalue weighted by Crippen LogP contribution is 2.24. The van der Waals surface area contributed by atoms with Crippen molar-refractivity contribution < 1.29 is 24.1 Å². The minimum atomic E-state index is -0.388. The summed E-state index contributed by atoms with van der Waals surface area (Å²) in [4.78, 5) is 4.43. The first-order chi connectivity index (χ1) is 13.2. The number of ether oxygens (including phenoxy) is 4. The van der Waals surface area contributed by atoms with Crippen molar-refractivity contribution in [3.8, 4) is 5.75 Å². The zero-order valence-electron chi connectivity index (χ0n) is 16.0. The molecule has 0 aromatic heterocycles. The lowest BCUT2D eigenvalue weighted by atomic mass is 10.2. The minimum Gasteiger partial charge on any atom is -0.493 e. The average molecular weight is 378 g/mol. The Balaban J connectivity index is 1.18. The van der Waals surface area contributed by atoms with Crippen LogP contribution in [0.2, 0.25) is 0 Å². The van der Waals surface area contributed by atoms with Crippen molar-refractivity contribution in [2.75, 3.05) is 64.6 Å². The SMILES string of the molecule is CN(CC(O)CCOc1ccc(N(CC2CO2)CC2CO2)cc1)CC1CO1. The Bertz CT molecular complexity index is 573. The number of nitrogens with zero attached hydrogens (tertiary/aromatic N) is 2. The molecule has 0 saturated carbocycles. The quantitative estimate of drug-likeness (QED) is 0.508. The number of anilines is 1. The van der Waals surface area contributed by atoms with Crippen LogP contribution in [0.25, 0.3) is 0 Å². The highest BCUT2D eigenvalue weighted by Gasteiger charge is 2.31. The van der Waals surface area contributed by atoms with Crippen LogP contribution >= 0.6 is 0 Å². The molecule has 4 unspecified atom stereocenters. The molecule has 0 amide bonds. The van der Waals surface area contributed by atoms with Crippen molar-refractivity contribution >= 4 is 5.69 Å². The summed E-state index contributed by atoms with van der Waals surface area (Å²) in [6, 6.07) is 8.15. The molecule has 3 aliphatic heterocycles. The van der Waals surface area contributed by atoms with E-state index < -0.39 is 0 Å². The fourth-order valence-corrected chi connectivity index (χ4v) is 3.24. The van der Waals surface area contributed by atoms with Crippen LogP contribution in [0.4, 0.5) is 5.69 Å². The number of hydrogen-bond acceptors (Lipinski definition) is 7. The van der Waals surface area contributed by atoms with Gasteiger partial charge in [-0.2, -0.15) is 0 Å². The first kappa shape index (κ1) is 19.0. The second-order valence-corrected chi connectivity index (χ2v) is 7.78. The van der Waals surface area contributed by atoms with E-state index >= 15 is 0 Å². The summed E-state index contributed by atoms with van der Waals surface area (Å²) in [5, 5.41) is 10.1. The first-order valence-electron chi connectivity index (χ1n) is 9.85. The van der Waals surface area contributed by atoms with Crippen LogP contribution in [-0.2, 0) is 14.2 Å². The number of aliphatic hydroxyl groups excluding tert-OH is 1. The lowest BCUT2D eigenvalue weighted by Gasteiger charge is -2.23. The maximum absolute atomic E-state index is 10.1. The van der Waals surface area contributed by atoms with E-state index in [2.05, 4.69) is 21.9 Å². The maximum atomic E-state index is 10.1.